The monoisotopic (exact) mass is 296 g/mol. The molecular weight excluding hydrogens is 280 g/mol. The predicted molar refractivity (Wildman–Crippen MR) is 77.2 cm³/mol. The molecule has 1 aromatic rings. The first-order chi connectivity index (χ1) is 9.65. The Morgan fingerprint density at radius 1 is 1.50 bits per heavy atom. The number of rotatable bonds is 5. The van der Waals surface area contributed by atoms with Crippen LogP contribution in [0.4, 0.5) is 0 Å². The van der Waals surface area contributed by atoms with E-state index in [1.54, 1.807) is 18.2 Å². The van der Waals surface area contributed by atoms with Crippen LogP contribution in [0.25, 0.3) is 6.08 Å². The Morgan fingerprint density at radius 2 is 2.35 bits per heavy atom. The van der Waals surface area contributed by atoms with Gasteiger partial charge in [-0.25, -0.2) is 4.79 Å². The molecule has 0 aliphatic carbocycles. The van der Waals surface area contributed by atoms with Crippen LogP contribution < -0.4 is 4.74 Å². The number of hydrogen-bond donors (Lipinski definition) is 1. The Kier molecular flexibility index (Phi) is 5.44. The van der Waals surface area contributed by atoms with Gasteiger partial charge in [0.15, 0.2) is 0 Å². The average Bonchev–Trinajstić information content (AvgIpc) is 2.45. The van der Waals surface area contributed by atoms with Gasteiger partial charge < -0.3 is 14.6 Å². The predicted octanol–water partition coefficient (Wildman–Crippen LogP) is 3.39. The summed E-state index contributed by atoms with van der Waals surface area (Å²) in [5.41, 5.74) is 0.649. The molecule has 0 aromatic heterocycles. The zero-order valence-electron chi connectivity index (χ0n) is 11.0. The minimum atomic E-state index is -1.01. The van der Waals surface area contributed by atoms with Crippen molar-refractivity contribution in [3.05, 3.63) is 34.9 Å². The van der Waals surface area contributed by atoms with E-state index in [1.165, 1.54) is 6.08 Å². The van der Waals surface area contributed by atoms with Gasteiger partial charge in [0.05, 0.1) is 6.10 Å². The van der Waals surface area contributed by atoms with Crippen molar-refractivity contribution in [1.82, 2.24) is 0 Å². The van der Waals surface area contributed by atoms with E-state index < -0.39 is 5.97 Å². The SMILES string of the molecule is O=C(O)/C=C/c1cc(Cl)ccc1OCC1CCCCO1. The molecule has 0 amide bonds. The summed E-state index contributed by atoms with van der Waals surface area (Å²) >= 11 is 5.92. The van der Waals surface area contributed by atoms with E-state index in [9.17, 15) is 4.79 Å². The minimum Gasteiger partial charge on any atom is -0.490 e. The Hall–Kier alpha value is -1.52. The molecule has 0 radical (unpaired) electrons. The van der Waals surface area contributed by atoms with Crippen molar-refractivity contribution >= 4 is 23.6 Å². The first kappa shape index (κ1) is 14.9. The van der Waals surface area contributed by atoms with Crippen LogP contribution in [0, 0.1) is 0 Å². The first-order valence-electron chi connectivity index (χ1n) is 6.60. The standard InChI is InChI=1S/C15H17ClO4/c16-12-5-6-14(11(9-12)4-7-15(17)18)20-10-13-3-1-2-8-19-13/h4-7,9,13H,1-3,8,10H2,(H,17,18)/b7-4+. The van der Waals surface area contributed by atoms with Crippen LogP contribution in [0.5, 0.6) is 5.75 Å². The highest BCUT2D eigenvalue weighted by molar-refractivity contribution is 6.30. The highest BCUT2D eigenvalue weighted by Gasteiger charge is 2.15. The third-order valence-corrected chi connectivity index (χ3v) is 3.31. The van der Waals surface area contributed by atoms with E-state index in [2.05, 4.69) is 0 Å². The topological polar surface area (TPSA) is 55.8 Å². The fourth-order valence-electron chi connectivity index (χ4n) is 2.06. The Morgan fingerprint density at radius 3 is 3.05 bits per heavy atom. The second-order valence-electron chi connectivity index (χ2n) is 4.65. The van der Waals surface area contributed by atoms with E-state index in [-0.39, 0.29) is 6.10 Å². The van der Waals surface area contributed by atoms with Crippen molar-refractivity contribution in [3.8, 4) is 5.75 Å². The van der Waals surface area contributed by atoms with E-state index in [0.29, 0.717) is 22.9 Å². The smallest absolute Gasteiger partial charge is 0.328 e. The number of hydrogen-bond acceptors (Lipinski definition) is 3. The number of carboxylic acids is 1. The van der Waals surface area contributed by atoms with Gasteiger partial charge in [-0.3, -0.25) is 0 Å². The molecule has 4 nitrogen and oxygen atoms in total. The molecule has 1 aromatic carbocycles. The van der Waals surface area contributed by atoms with Crippen LogP contribution in [0.1, 0.15) is 24.8 Å². The first-order valence-corrected chi connectivity index (χ1v) is 6.98. The Bertz CT molecular complexity index is 493. The van der Waals surface area contributed by atoms with Crippen LogP contribution in [-0.2, 0) is 9.53 Å². The number of aliphatic carboxylic acids is 1. The van der Waals surface area contributed by atoms with E-state index in [1.807, 2.05) is 0 Å². The largest absolute Gasteiger partial charge is 0.490 e. The van der Waals surface area contributed by atoms with Gasteiger partial charge in [0, 0.05) is 23.3 Å². The van der Waals surface area contributed by atoms with Crippen LogP contribution >= 0.6 is 11.6 Å². The number of benzene rings is 1. The zero-order valence-corrected chi connectivity index (χ0v) is 11.8. The number of carboxylic acid groups (broad SMARTS) is 1. The molecule has 1 fully saturated rings. The summed E-state index contributed by atoms with van der Waals surface area (Å²) in [6.07, 6.45) is 5.90. The van der Waals surface area contributed by atoms with E-state index >= 15 is 0 Å². The quantitative estimate of drug-likeness (QED) is 0.846. The number of ether oxygens (including phenoxy) is 2. The molecule has 1 N–H and O–H groups in total. The maximum atomic E-state index is 10.6. The lowest BCUT2D eigenvalue weighted by Crippen LogP contribution is -2.25. The van der Waals surface area contributed by atoms with Crippen LogP contribution in [-0.4, -0.2) is 30.4 Å². The lowest BCUT2D eigenvalue weighted by Gasteiger charge is -2.23. The van der Waals surface area contributed by atoms with Gasteiger partial charge in [0.1, 0.15) is 12.4 Å². The third-order valence-electron chi connectivity index (χ3n) is 3.08. The van der Waals surface area contributed by atoms with Crippen molar-refractivity contribution in [1.29, 1.82) is 0 Å². The van der Waals surface area contributed by atoms with Crippen LogP contribution in [0.15, 0.2) is 24.3 Å². The molecule has 108 valence electrons. The third kappa shape index (κ3) is 4.54. The maximum absolute atomic E-state index is 10.6. The lowest BCUT2D eigenvalue weighted by atomic mass is 10.1. The normalized spacial score (nSPS) is 19.1. The lowest BCUT2D eigenvalue weighted by molar-refractivity contribution is -0.131. The van der Waals surface area contributed by atoms with Crippen molar-refractivity contribution in [3.63, 3.8) is 0 Å². The molecule has 1 unspecified atom stereocenters. The molecule has 2 rings (SSSR count). The molecule has 1 heterocycles. The minimum absolute atomic E-state index is 0.107. The van der Waals surface area contributed by atoms with Crippen molar-refractivity contribution in [2.45, 2.75) is 25.4 Å². The summed E-state index contributed by atoms with van der Waals surface area (Å²) < 4.78 is 11.3. The van der Waals surface area contributed by atoms with Gasteiger partial charge in [-0.1, -0.05) is 11.6 Å². The summed E-state index contributed by atoms with van der Waals surface area (Å²) in [4.78, 5) is 10.6. The molecule has 20 heavy (non-hydrogen) atoms. The van der Waals surface area contributed by atoms with E-state index in [4.69, 9.17) is 26.2 Å². The Balaban J connectivity index is 2.03. The molecule has 0 spiro atoms. The fraction of sp³-hybridized carbons (Fsp3) is 0.400. The molecular formula is C15H17ClO4. The fourth-order valence-corrected chi connectivity index (χ4v) is 2.24. The molecule has 0 bridgehead atoms. The van der Waals surface area contributed by atoms with Gasteiger partial charge in [-0.2, -0.15) is 0 Å². The molecule has 0 saturated carbocycles. The van der Waals surface area contributed by atoms with Crippen molar-refractivity contribution < 1.29 is 19.4 Å². The number of carbonyl (C=O) groups is 1. The van der Waals surface area contributed by atoms with Gasteiger partial charge in [-0.05, 0) is 43.5 Å². The van der Waals surface area contributed by atoms with Crippen molar-refractivity contribution in [2.24, 2.45) is 0 Å². The number of halogens is 1. The van der Waals surface area contributed by atoms with Gasteiger partial charge in [-0.15, -0.1) is 0 Å². The second kappa shape index (κ2) is 7.31. The van der Waals surface area contributed by atoms with Crippen LogP contribution in [0.2, 0.25) is 5.02 Å². The summed E-state index contributed by atoms with van der Waals surface area (Å²) in [7, 11) is 0. The van der Waals surface area contributed by atoms with Crippen LogP contribution in [0.3, 0.4) is 0 Å². The molecule has 1 aliphatic heterocycles. The summed E-state index contributed by atoms with van der Waals surface area (Å²) in [6, 6.07) is 5.14. The Labute approximate surface area is 123 Å². The zero-order chi connectivity index (χ0) is 14.4. The molecule has 1 atom stereocenters. The average molecular weight is 297 g/mol. The highest BCUT2D eigenvalue weighted by Crippen LogP contribution is 2.25. The second-order valence-corrected chi connectivity index (χ2v) is 5.09. The van der Waals surface area contributed by atoms with Gasteiger partial charge >= 0.3 is 5.97 Å². The van der Waals surface area contributed by atoms with Crippen molar-refractivity contribution in [2.75, 3.05) is 13.2 Å². The van der Waals surface area contributed by atoms with Gasteiger partial charge in [0.25, 0.3) is 0 Å². The summed E-state index contributed by atoms with van der Waals surface area (Å²) in [5, 5.41) is 9.23. The molecule has 5 heteroatoms. The summed E-state index contributed by atoms with van der Waals surface area (Å²) in [6.45, 7) is 1.25. The highest BCUT2D eigenvalue weighted by atomic mass is 35.5. The van der Waals surface area contributed by atoms with E-state index in [0.717, 1.165) is 31.9 Å². The molecule has 1 aliphatic rings. The summed E-state index contributed by atoms with van der Waals surface area (Å²) in [5.74, 6) is -0.396. The van der Waals surface area contributed by atoms with Gasteiger partial charge in [0.2, 0.25) is 0 Å². The maximum Gasteiger partial charge on any atom is 0.328 e. The molecule has 1 saturated heterocycles.